The highest BCUT2D eigenvalue weighted by Gasteiger charge is 2.20. The summed E-state index contributed by atoms with van der Waals surface area (Å²) >= 11 is 0. The lowest BCUT2D eigenvalue weighted by Crippen LogP contribution is -2.10. The van der Waals surface area contributed by atoms with E-state index in [1.807, 2.05) is 18.2 Å². The minimum atomic E-state index is 0.661. The highest BCUT2D eigenvalue weighted by molar-refractivity contribution is 5.54. The van der Waals surface area contributed by atoms with Gasteiger partial charge < -0.3 is 10.1 Å². The van der Waals surface area contributed by atoms with Gasteiger partial charge in [0.15, 0.2) is 0 Å². The lowest BCUT2D eigenvalue weighted by Gasteiger charge is -2.13. The molecule has 3 aromatic rings. The van der Waals surface area contributed by atoms with Gasteiger partial charge in [-0.25, -0.2) is 4.98 Å². The van der Waals surface area contributed by atoms with E-state index >= 15 is 0 Å². The molecule has 1 aliphatic rings. The molecule has 4 rings (SSSR count). The third-order valence-corrected chi connectivity index (χ3v) is 4.05. The Hall–Kier alpha value is -2.63. The van der Waals surface area contributed by atoms with Gasteiger partial charge in [0.2, 0.25) is 0 Å². The molecule has 1 aromatic carbocycles. The molecule has 0 atom stereocenters. The predicted molar refractivity (Wildman–Crippen MR) is 83.1 cm³/mol. The van der Waals surface area contributed by atoms with Crippen LogP contribution in [0.2, 0.25) is 0 Å². The van der Waals surface area contributed by atoms with Gasteiger partial charge in [0.25, 0.3) is 5.78 Å². The fourth-order valence-electron chi connectivity index (χ4n) is 2.97. The van der Waals surface area contributed by atoms with Gasteiger partial charge in [-0.3, -0.25) is 0 Å². The summed E-state index contributed by atoms with van der Waals surface area (Å²) in [5, 5.41) is 7.80. The number of anilines is 1. The number of nitrogens with zero attached hydrogens (tertiary/aromatic N) is 4. The molecule has 0 unspecified atom stereocenters. The van der Waals surface area contributed by atoms with Crippen LogP contribution in [-0.2, 0) is 19.4 Å². The van der Waals surface area contributed by atoms with Crippen molar-refractivity contribution in [2.45, 2.75) is 25.8 Å². The number of hydrogen-bond donors (Lipinski definition) is 1. The summed E-state index contributed by atoms with van der Waals surface area (Å²) in [6.45, 7) is 0.711. The molecular formula is C16H17N5O. The van der Waals surface area contributed by atoms with Crippen molar-refractivity contribution < 1.29 is 4.74 Å². The van der Waals surface area contributed by atoms with Crippen LogP contribution >= 0.6 is 0 Å². The second-order valence-corrected chi connectivity index (χ2v) is 5.42. The van der Waals surface area contributed by atoms with Gasteiger partial charge in [-0.2, -0.15) is 14.6 Å². The third kappa shape index (κ3) is 2.16. The first-order valence-corrected chi connectivity index (χ1v) is 7.43. The summed E-state index contributed by atoms with van der Waals surface area (Å²) in [5.41, 5.74) is 3.57. The first-order valence-electron chi connectivity index (χ1n) is 7.43. The summed E-state index contributed by atoms with van der Waals surface area (Å²) in [5.74, 6) is 2.54. The van der Waals surface area contributed by atoms with Crippen LogP contribution in [0.15, 0.2) is 30.6 Å². The highest BCUT2D eigenvalue weighted by Crippen LogP contribution is 2.28. The number of hydrogen-bond acceptors (Lipinski definition) is 5. The molecule has 22 heavy (non-hydrogen) atoms. The van der Waals surface area contributed by atoms with Gasteiger partial charge in [0, 0.05) is 12.1 Å². The van der Waals surface area contributed by atoms with Crippen LogP contribution in [0.4, 0.5) is 5.82 Å². The van der Waals surface area contributed by atoms with Gasteiger partial charge >= 0.3 is 0 Å². The number of nitrogens with one attached hydrogen (secondary N) is 1. The molecule has 0 amide bonds. The summed E-state index contributed by atoms with van der Waals surface area (Å²) in [6, 6.07) is 8.06. The molecule has 6 heteroatoms. The topological polar surface area (TPSA) is 64.3 Å². The van der Waals surface area contributed by atoms with Gasteiger partial charge in [-0.05, 0) is 37.0 Å². The van der Waals surface area contributed by atoms with E-state index < -0.39 is 0 Å². The van der Waals surface area contributed by atoms with Crippen molar-refractivity contribution in [3.8, 4) is 5.75 Å². The summed E-state index contributed by atoms with van der Waals surface area (Å²) < 4.78 is 7.07. The van der Waals surface area contributed by atoms with Crippen molar-refractivity contribution in [2.24, 2.45) is 0 Å². The molecule has 0 fully saturated rings. The number of methoxy groups -OCH3 is 1. The van der Waals surface area contributed by atoms with Crippen LogP contribution in [0.1, 0.15) is 23.2 Å². The Bertz CT molecular complexity index is 827. The average Bonchev–Trinajstić information content (AvgIpc) is 3.20. The molecule has 0 saturated carbocycles. The minimum Gasteiger partial charge on any atom is -0.497 e. The first kappa shape index (κ1) is 13.1. The van der Waals surface area contributed by atoms with Crippen molar-refractivity contribution in [2.75, 3.05) is 12.4 Å². The molecule has 2 heterocycles. The van der Waals surface area contributed by atoms with E-state index in [4.69, 9.17) is 4.74 Å². The van der Waals surface area contributed by atoms with E-state index in [0.29, 0.717) is 12.3 Å². The highest BCUT2D eigenvalue weighted by atomic mass is 16.5. The van der Waals surface area contributed by atoms with Crippen molar-refractivity contribution in [1.82, 2.24) is 19.6 Å². The molecule has 112 valence electrons. The van der Waals surface area contributed by atoms with Crippen LogP contribution in [0.5, 0.6) is 5.75 Å². The van der Waals surface area contributed by atoms with Crippen molar-refractivity contribution in [3.63, 3.8) is 0 Å². The molecule has 0 saturated heterocycles. The second-order valence-electron chi connectivity index (χ2n) is 5.42. The van der Waals surface area contributed by atoms with E-state index in [1.54, 1.807) is 18.0 Å². The SMILES string of the molecule is COc1cccc(CNc2c3c(nc4ncnn24)CCC3)c1. The zero-order chi connectivity index (χ0) is 14.9. The van der Waals surface area contributed by atoms with Crippen LogP contribution < -0.4 is 10.1 Å². The molecule has 0 spiro atoms. The summed E-state index contributed by atoms with van der Waals surface area (Å²) in [4.78, 5) is 8.81. The van der Waals surface area contributed by atoms with Gasteiger partial charge in [0.1, 0.15) is 17.9 Å². The maximum atomic E-state index is 5.27. The summed E-state index contributed by atoms with van der Waals surface area (Å²) in [7, 11) is 1.68. The van der Waals surface area contributed by atoms with Crippen LogP contribution in [-0.4, -0.2) is 26.7 Å². The first-order chi connectivity index (χ1) is 10.8. The van der Waals surface area contributed by atoms with Crippen LogP contribution in [0, 0.1) is 0 Å². The Balaban J connectivity index is 1.67. The molecule has 2 aromatic heterocycles. The van der Waals surface area contributed by atoms with Gasteiger partial charge in [-0.15, -0.1) is 0 Å². The number of aromatic nitrogens is 4. The Morgan fingerprint density at radius 3 is 3.18 bits per heavy atom. The lowest BCUT2D eigenvalue weighted by atomic mass is 10.2. The molecule has 0 radical (unpaired) electrons. The predicted octanol–water partition coefficient (Wildman–Crippen LogP) is 2.23. The van der Waals surface area contributed by atoms with Crippen molar-refractivity contribution in [1.29, 1.82) is 0 Å². The zero-order valence-electron chi connectivity index (χ0n) is 12.4. The smallest absolute Gasteiger partial charge is 0.254 e. The van der Waals surface area contributed by atoms with Gasteiger partial charge in [-0.1, -0.05) is 12.1 Å². The van der Waals surface area contributed by atoms with Crippen LogP contribution in [0.3, 0.4) is 0 Å². The normalized spacial score (nSPS) is 13.3. The average molecular weight is 295 g/mol. The Morgan fingerprint density at radius 1 is 1.32 bits per heavy atom. The lowest BCUT2D eigenvalue weighted by molar-refractivity contribution is 0.414. The maximum Gasteiger partial charge on any atom is 0.254 e. The number of ether oxygens (including phenoxy) is 1. The van der Waals surface area contributed by atoms with Crippen molar-refractivity contribution >= 4 is 11.6 Å². The molecule has 6 nitrogen and oxygen atoms in total. The molecule has 1 N–H and O–H groups in total. The minimum absolute atomic E-state index is 0.661. The van der Waals surface area contributed by atoms with E-state index in [0.717, 1.165) is 42.1 Å². The number of rotatable bonds is 4. The quantitative estimate of drug-likeness (QED) is 0.799. The van der Waals surface area contributed by atoms with E-state index in [2.05, 4.69) is 26.4 Å². The summed E-state index contributed by atoms with van der Waals surface area (Å²) in [6.07, 6.45) is 4.75. The Morgan fingerprint density at radius 2 is 2.27 bits per heavy atom. The molecule has 1 aliphatic carbocycles. The fraction of sp³-hybridized carbons (Fsp3) is 0.312. The van der Waals surface area contributed by atoms with Crippen LogP contribution in [0.25, 0.3) is 5.78 Å². The molecule has 0 bridgehead atoms. The number of fused-ring (bicyclic) bond motifs is 2. The van der Waals surface area contributed by atoms with Gasteiger partial charge in [0.05, 0.1) is 12.8 Å². The number of aryl methyl sites for hydroxylation is 1. The van der Waals surface area contributed by atoms with E-state index in [1.165, 1.54) is 5.56 Å². The fourth-order valence-corrected chi connectivity index (χ4v) is 2.97. The van der Waals surface area contributed by atoms with E-state index in [-0.39, 0.29) is 0 Å². The third-order valence-electron chi connectivity index (χ3n) is 4.05. The molecular weight excluding hydrogens is 278 g/mol. The van der Waals surface area contributed by atoms with E-state index in [9.17, 15) is 0 Å². The second kappa shape index (κ2) is 5.29. The van der Waals surface area contributed by atoms with Crippen molar-refractivity contribution in [3.05, 3.63) is 47.4 Å². The standard InChI is InChI=1S/C16H17N5O/c1-22-12-5-2-4-11(8-12)9-17-15-13-6-3-7-14(13)20-16-18-10-19-21(15)16/h2,4-5,8,10,17H,3,6-7,9H2,1H3. The largest absolute Gasteiger partial charge is 0.497 e. The number of benzene rings is 1. The zero-order valence-corrected chi connectivity index (χ0v) is 12.4. The Labute approximate surface area is 128 Å². The monoisotopic (exact) mass is 295 g/mol. The Kier molecular flexibility index (Phi) is 3.14. The maximum absolute atomic E-state index is 5.27. The molecule has 0 aliphatic heterocycles.